The minimum atomic E-state index is -2.88. The van der Waals surface area contributed by atoms with Crippen LogP contribution in [0, 0.1) is 5.41 Å². The van der Waals surface area contributed by atoms with E-state index in [9.17, 15) is 8.78 Å². The fraction of sp³-hybridized carbons (Fsp3) is 0.381. The Balaban J connectivity index is 1.39. The van der Waals surface area contributed by atoms with Crippen LogP contribution in [-0.4, -0.2) is 29.1 Å². The van der Waals surface area contributed by atoms with Gasteiger partial charge >= 0.3 is 6.61 Å². The Labute approximate surface area is 161 Å². The second-order valence-corrected chi connectivity index (χ2v) is 7.80. The first-order valence-corrected chi connectivity index (χ1v) is 9.56. The van der Waals surface area contributed by atoms with Crippen LogP contribution < -0.4 is 15.4 Å². The third kappa shape index (κ3) is 2.73. The first-order chi connectivity index (χ1) is 13.6. The smallest absolute Gasteiger partial charge is 0.387 e. The number of nitrogens with two attached hydrogens (primary N) is 1. The number of aromatic nitrogens is 2. The first kappa shape index (κ1) is 17.4. The van der Waals surface area contributed by atoms with Gasteiger partial charge in [0.25, 0.3) is 0 Å². The number of rotatable bonds is 3. The van der Waals surface area contributed by atoms with E-state index in [0.717, 1.165) is 38.0 Å². The Morgan fingerprint density at radius 1 is 1.21 bits per heavy atom. The number of halogens is 2. The fourth-order valence-corrected chi connectivity index (χ4v) is 4.86. The number of benzene rings is 1. The molecule has 2 aliphatic rings. The maximum Gasteiger partial charge on any atom is 0.387 e. The summed E-state index contributed by atoms with van der Waals surface area (Å²) in [5.74, 6) is 0.0998. The summed E-state index contributed by atoms with van der Waals surface area (Å²) in [6, 6.07) is 10.2. The summed E-state index contributed by atoms with van der Waals surface area (Å²) in [6.07, 6.45) is 8.19. The Hall–Kier alpha value is -2.67. The van der Waals surface area contributed by atoms with E-state index in [4.69, 9.17) is 10.5 Å². The minimum Gasteiger partial charge on any atom is -0.431 e. The molecule has 0 amide bonds. The van der Waals surface area contributed by atoms with Crippen LogP contribution >= 0.6 is 0 Å². The van der Waals surface area contributed by atoms with Crippen molar-refractivity contribution in [3.8, 4) is 5.75 Å². The van der Waals surface area contributed by atoms with Gasteiger partial charge in [-0.05, 0) is 35.8 Å². The van der Waals surface area contributed by atoms with Gasteiger partial charge in [-0.2, -0.15) is 8.78 Å². The van der Waals surface area contributed by atoms with Crippen molar-refractivity contribution < 1.29 is 13.5 Å². The van der Waals surface area contributed by atoms with Crippen molar-refractivity contribution in [2.75, 3.05) is 18.0 Å². The van der Waals surface area contributed by atoms with Crippen molar-refractivity contribution in [2.24, 2.45) is 11.1 Å². The molecule has 2 aromatic heterocycles. The van der Waals surface area contributed by atoms with Crippen molar-refractivity contribution >= 4 is 11.3 Å². The Morgan fingerprint density at radius 2 is 2.00 bits per heavy atom. The predicted molar refractivity (Wildman–Crippen MR) is 103 cm³/mol. The highest BCUT2D eigenvalue weighted by molar-refractivity contribution is 5.62. The molecule has 1 spiro atoms. The molecule has 3 aromatic rings. The molecule has 5 rings (SSSR count). The SMILES string of the molecule is N[C@@H]1c2ccccc2CC12CCN(c1cc(OC(F)F)c3nccn3c1)CC2. The van der Waals surface area contributed by atoms with Crippen LogP contribution in [0.4, 0.5) is 14.5 Å². The molecule has 1 atom stereocenters. The van der Waals surface area contributed by atoms with E-state index in [1.165, 1.54) is 11.1 Å². The van der Waals surface area contributed by atoms with Crippen LogP contribution in [-0.2, 0) is 6.42 Å². The molecule has 146 valence electrons. The number of nitrogens with zero attached hydrogens (tertiary/aromatic N) is 3. The maximum atomic E-state index is 12.8. The quantitative estimate of drug-likeness (QED) is 0.747. The molecule has 1 aliphatic carbocycles. The number of hydrogen-bond donors (Lipinski definition) is 1. The molecule has 2 N–H and O–H groups in total. The summed E-state index contributed by atoms with van der Waals surface area (Å²) in [6.45, 7) is -1.22. The largest absolute Gasteiger partial charge is 0.431 e. The summed E-state index contributed by atoms with van der Waals surface area (Å²) in [7, 11) is 0. The number of piperidine rings is 1. The number of ether oxygens (including phenoxy) is 1. The van der Waals surface area contributed by atoms with Gasteiger partial charge < -0.3 is 19.8 Å². The lowest BCUT2D eigenvalue weighted by Gasteiger charge is -2.43. The van der Waals surface area contributed by atoms with Gasteiger partial charge in [0.05, 0.1) is 5.69 Å². The van der Waals surface area contributed by atoms with Crippen LogP contribution in [0.1, 0.15) is 30.0 Å². The van der Waals surface area contributed by atoms with Crippen LogP contribution in [0.15, 0.2) is 48.9 Å². The number of alkyl halides is 2. The Kier molecular flexibility index (Phi) is 4.01. The van der Waals surface area contributed by atoms with Crippen molar-refractivity contribution in [3.63, 3.8) is 0 Å². The zero-order valence-electron chi connectivity index (χ0n) is 15.4. The highest BCUT2D eigenvalue weighted by Crippen LogP contribution is 2.51. The number of hydrogen-bond acceptors (Lipinski definition) is 4. The van der Waals surface area contributed by atoms with E-state index in [-0.39, 0.29) is 17.2 Å². The number of pyridine rings is 1. The van der Waals surface area contributed by atoms with Crippen molar-refractivity contribution in [1.82, 2.24) is 9.38 Å². The topological polar surface area (TPSA) is 55.8 Å². The highest BCUT2D eigenvalue weighted by Gasteiger charge is 2.45. The second kappa shape index (κ2) is 6.44. The van der Waals surface area contributed by atoms with E-state index in [2.05, 4.69) is 34.1 Å². The van der Waals surface area contributed by atoms with E-state index < -0.39 is 6.61 Å². The molecule has 0 bridgehead atoms. The lowest BCUT2D eigenvalue weighted by molar-refractivity contribution is -0.0491. The third-order valence-corrected chi connectivity index (χ3v) is 6.37. The van der Waals surface area contributed by atoms with E-state index in [1.807, 2.05) is 6.20 Å². The Bertz CT molecular complexity index is 1010. The molecular weight excluding hydrogens is 362 g/mol. The standard InChI is InChI=1S/C21H22F2N4O/c22-20(23)28-17-11-15(13-27-10-7-25-19(17)27)26-8-5-21(6-9-26)12-14-3-1-2-4-16(14)18(21)24/h1-4,7,10-11,13,18,20H,5-6,8-9,12,24H2/t18-/m1/s1. The molecule has 28 heavy (non-hydrogen) atoms. The lowest BCUT2D eigenvalue weighted by atomic mass is 9.73. The number of imidazole rings is 1. The number of fused-ring (bicyclic) bond motifs is 2. The molecule has 1 saturated heterocycles. The van der Waals surface area contributed by atoms with Gasteiger partial charge in [-0.15, -0.1) is 0 Å². The van der Waals surface area contributed by atoms with Crippen LogP contribution in [0.2, 0.25) is 0 Å². The lowest BCUT2D eigenvalue weighted by Crippen LogP contribution is -2.44. The molecule has 0 radical (unpaired) electrons. The van der Waals surface area contributed by atoms with Gasteiger partial charge in [0.15, 0.2) is 11.4 Å². The normalized spacial score (nSPS) is 20.9. The fourth-order valence-electron chi connectivity index (χ4n) is 4.86. The molecule has 5 nitrogen and oxygen atoms in total. The van der Waals surface area contributed by atoms with Crippen molar-refractivity contribution in [2.45, 2.75) is 31.9 Å². The zero-order valence-corrected chi connectivity index (χ0v) is 15.4. The van der Waals surface area contributed by atoms with E-state index in [1.54, 1.807) is 22.9 Å². The molecule has 0 saturated carbocycles. The summed E-state index contributed by atoms with van der Waals surface area (Å²) in [5.41, 5.74) is 10.6. The average molecular weight is 384 g/mol. The predicted octanol–water partition coefficient (Wildman–Crippen LogP) is 3.78. The summed E-state index contributed by atoms with van der Waals surface area (Å²) in [4.78, 5) is 6.34. The van der Waals surface area contributed by atoms with Crippen molar-refractivity contribution in [3.05, 3.63) is 60.0 Å². The molecule has 1 aliphatic heterocycles. The second-order valence-electron chi connectivity index (χ2n) is 7.80. The van der Waals surface area contributed by atoms with Gasteiger partial charge in [0.2, 0.25) is 0 Å². The van der Waals surface area contributed by atoms with Crippen LogP contribution in [0.25, 0.3) is 5.65 Å². The van der Waals surface area contributed by atoms with Gasteiger partial charge in [-0.3, -0.25) is 0 Å². The third-order valence-electron chi connectivity index (χ3n) is 6.37. The van der Waals surface area contributed by atoms with E-state index in [0.29, 0.717) is 5.65 Å². The monoisotopic (exact) mass is 384 g/mol. The molecule has 1 fully saturated rings. The van der Waals surface area contributed by atoms with E-state index >= 15 is 0 Å². The summed E-state index contributed by atoms with van der Waals surface area (Å²) in [5, 5.41) is 0. The molecular formula is C21H22F2N4O. The van der Waals surface area contributed by atoms with Crippen LogP contribution in [0.3, 0.4) is 0 Å². The molecule has 7 heteroatoms. The van der Waals surface area contributed by atoms with Gasteiger partial charge in [-0.25, -0.2) is 4.98 Å². The molecule has 1 aromatic carbocycles. The minimum absolute atomic E-state index is 0.0553. The maximum absolute atomic E-state index is 12.8. The van der Waals surface area contributed by atoms with Gasteiger partial charge in [0.1, 0.15) is 0 Å². The van der Waals surface area contributed by atoms with Crippen LogP contribution in [0.5, 0.6) is 5.75 Å². The zero-order chi connectivity index (χ0) is 19.3. The average Bonchev–Trinajstić information content (AvgIpc) is 3.26. The summed E-state index contributed by atoms with van der Waals surface area (Å²) < 4.78 is 32.1. The Morgan fingerprint density at radius 3 is 2.75 bits per heavy atom. The van der Waals surface area contributed by atoms with Gasteiger partial charge in [0, 0.05) is 43.8 Å². The number of anilines is 1. The molecule has 3 heterocycles. The van der Waals surface area contributed by atoms with Gasteiger partial charge in [-0.1, -0.05) is 24.3 Å². The molecule has 0 unspecified atom stereocenters. The highest BCUT2D eigenvalue weighted by atomic mass is 19.3. The summed E-state index contributed by atoms with van der Waals surface area (Å²) >= 11 is 0. The van der Waals surface area contributed by atoms with Crippen molar-refractivity contribution in [1.29, 1.82) is 0 Å². The first-order valence-electron chi connectivity index (χ1n) is 9.56.